The molecular formula is C10H10BrClN2O2. The molecular weight excluding hydrogens is 295 g/mol. The maximum atomic E-state index is 11.6. The van der Waals surface area contributed by atoms with Crippen LogP contribution in [0.15, 0.2) is 22.7 Å². The van der Waals surface area contributed by atoms with Crippen molar-refractivity contribution < 1.29 is 9.59 Å². The van der Waals surface area contributed by atoms with Gasteiger partial charge in [0.15, 0.2) is 0 Å². The SMILES string of the molecule is C[C@@H](NC(=O)c1ccc(Br)c(Cl)c1)C(N)=O. The number of hydrogen-bond donors (Lipinski definition) is 2. The summed E-state index contributed by atoms with van der Waals surface area (Å²) < 4.78 is 0.702. The Labute approximate surface area is 106 Å². The minimum absolute atomic E-state index is 0.376. The third kappa shape index (κ3) is 3.21. The third-order valence-electron chi connectivity index (χ3n) is 1.96. The van der Waals surface area contributed by atoms with Crippen LogP contribution >= 0.6 is 27.5 Å². The van der Waals surface area contributed by atoms with Crippen LogP contribution < -0.4 is 11.1 Å². The highest BCUT2D eigenvalue weighted by Gasteiger charge is 2.14. The van der Waals surface area contributed by atoms with Gasteiger partial charge in [-0.2, -0.15) is 0 Å². The molecule has 6 heteroatoms. The molecule has 0 spiro atoms. The minimum Gasteiger partial charge on any atom is -0.368 e. The van der Waals surface area contributed by atoms with E-state index in [0.29, 0.717) is 15.1 Å². The largest absolute Gasteiger partial charge is 0.368 e. The van der Waals surface area contributed by atoms with E-state index in [9.17, 15) is 9.59 Å². The van der Waals surface area contributed by atoms with Gasteiger partial charge in [0.25, 0.3) is 5.91 Å². The van der Waals surface area contributed by atoms with Gasteiger partial charge in [-0.1, -0.05) is 11.6 Å². The van der Waals surface area contributed by atoms with E-state index in [0.717, 1.165) is 0 Å². The average molecular weight is 306 g/mol. The van der Waals surface area contributed by atoms with Crippen LogP contribution in [-0.2, 0) is 4.79 Å². The number of primary amides is 1. The van der Waals surface area contributed by atoms with E-state index in [1.54, 1.807) is 12.1 Å². The number of nitrogens with one attached hydrogen (secondary N) is 1. The number of carbonyl (C=O) groups is 2. The number of amides is 2. The first-order chi connectivity index (χ1) is 7.41. The average Bonchev–Trinajstić information content (AvgIpc) is 2.21. The second-order valence-electron chi connectivity index (χ2n) is 3.23. The zero-order valence-electron chi connectivity index (χ0n) is 8.46. The lowest BCUT2D eigenvalue weighted by Crippen LogP contribution is -2.42. The molecule has 0 aliphatic rings. The minimum atomic E-state index is -0.713. The number of hydrogen-bond acceptors (Lipinski definition) is 2. The highest BCUT2D eigenvalue weighted by molar-refractivity contribution is 9.10. The van der Waals surface area contributed by atoms with E-state index in [1.165, 1.54) is 13.0 Å². The Kier molecular flexibility index (Phi) is 4.32. The number of carbonyl (C=O) groups excluding carboxylic acids is 2. The van der Waals surface area contributed by atoms with Crippen molar-refractivity contribution in [1.29, 1.82) is 0 Å². The zero-order valence-corrected chi connectivity index (χ0v) is 10.8. The van der Waals surface area contributed by atoms with Crippen molar-refractivity contribution in [2.75, 3.05) is 0 Å². The molecule has 0 fully saturated rings. The van der Waals surface area contributed by atoms with Crippen molar-refractivity contribution >= 4 is 39.3 Å². The fraction of sp³-hybridized carbons (Fsp3) is 0.200. The summed E-state index contributed by atoms with van der Waals surface area (Å²) in [6.45, 7) is 1.51. The predicted octanol–water partition coefficient (Wildman–Crippen LogP) is 1.71. The quantitative estimate of drug-likeness (QED) is 0.892. The molecule has 4 nitrogen and oxygen atoms in total. The van der Waals surface area contributed by atoms with Crippen molar-refractivity contribution in [2.45, 2.75) is 13.0 Å². The maximum Gasteiger partial charge on any atom is 0.251 e. The van der Waals surface area contributed by atoms with E-state index in [2.05, 4.69) is 21.2 Å². The van der Waals surface area contributed by atoms with Crippen molar-refractivity contribution in [2.24, 2.45) is 5.73 Å². The Balaban J connectivity index is 2.81. The Bertz CT molecular complexity index is 437. The summed E-state index contributed by atoms with van der Waals surface area (Å²) in [5, 5.41) is 2.88. The van der Waals surface area contributed by atoms with Crippen LogP contribution in [0, 0.1) is 0 Å². The zero-order chi connectivity index (χ0) is 12.3. The Morgan fingerprint density at radius 3 is 2.62 bits per heavy atom. The van der Waals surface area contributed by atoms with Crippen molar-refractivity contribution in [3.05, 3.63) is 33.3 Å². The van der Waals surface area contributed by atoms with Gasteiger partial charge in [-0.15, -0.1) is 0 Å². The molecule has 1 rings (SSSR count). The molecule has 2 amide bonds. The molecule has 0 aromatic heterocycles. The molecule has 0 aliphatic heterocycles. The van der Waals surface area contributed by atoms with E-state index < -0.39 is 11.9 Å². The van der Waals surface area contributed by atoms with Crippen LogP contribution in [0.4, 0.5) is 0 Å². The fourth-order valence-electron chi connectivity index (χ4n) is 0.988. The normalized spacial score (nSPS) is 11.9. The monoisotopic (exact) mass is 304 g/mol. The molecule has 0 unspecified atom stereocenters. The Hall–Kier alpha value is -1.07. The second kappa shape index (κ2) is 5.32. The van der Waals surface area contributed by atoms with Gasteiger partial charge in [0.05, 0.1) is 5.02 Å². The molecule has 0 saturated heterocycles. The molecule has 3 N–H and O–H groups in total. The van der Waals surface area contributed by atoms with Gasteiger partial charge in [-0.3, -0.25) is 9.59 Å². The molecule has 0 heterocycles. The Morgan fingerprint density at radius 1 is 1.50 bits per heavy atom. The topological polar surface area (TPSA) is 72.2 Å². The fourth-order valence-corrected chi connectivity index (χ4v) is 1.42. The lowest BCUT2D eigenvalue weighted by molar-refractivity contribution is -0.119. The Morgan fingerprint density at radius 2 is 2.12 bits per heavy atom. The van der Waals surface area contributed by atoms with Crippen molar-refractivity contribution in [3.63, 3.8) is 0 Å². The van der Waals surface area contributed by atoms with Crippen LogP contribution in [0.25, 0.3) is 0 Å². The highest BCUT2D eigenvalue weighted by Crippen LogP contribution is 2.23. The van der Waals surface area contributed by atoms with Crippen LogP contribution in [0.1, 0.15) is 17.3 Å². The molecule has 1 atom stereocenters. The number of benzene rings is 1. The number of nitrogens with two attached hydrogens (primary N) is 1. The second-order valence-corrected chi connectivity index (χ2v) is 4.49. The third-order valence-corrected chi connectivity index (χ3v) is 3.19. The van der Waals surface area contributed by atoms with Gasteiger partial charge in [0, 0.05) is 10.0 Å². The first-order valence-electron chi connectivity index (χ1n) is 4.47. The lowest BCUT2D eigenvalue weighted by atomic mass is 10.2. The number of rotatable bonds is 3. The molecule has 1 aromatic rings. The molecule has 0 radical (unpaired) electrons. The first kappa shape index (κ1) is 13.0. The van der Waals surface area contributed by atoms with E-state index in [1.807, 2.05) is 0 Å². The van der Waals surface area contributed by atoms with Crippen molar-refractivity contribution in [3.8, 4) is 0 Å². The first-order valence-corrected chi connectivity index (χ1v) is 5.64. The highest BCUT2D eigenvalue weighted by atomic mass is 79.9. The van der Waals surface area contributed by atoms with Crippen LogP contribution in [0.5, 0.6) is 0 Å². The van der Waals surface area contributed by atoms with Crippen LogP contribution in [0.3, 0.4) is 0 Å². The molecule has 16 heavy (non-hydrogen) atoms. The van der Waals surface area contributed by atoms with Crippen LogP contribution in [0.2, 0.25) is 5.02 Å². The summed E-state index contributed by atoms with van der Waals surface area (Å²) in [4.78, 5) is 22.4. The molecule has 0 aliphatic carbocycles. The van der Waals surface area contributed by atoms with E-state index in [-0.39, 0.29) is 5.91 Å². The van der Waals surface area contributed by atoms with E-state index in [4.69, 9.17) is 17.3 Å². The summed E-state index contributed by atoms with van der Waals surface area (Å²) in [5.41, 5.74) is 5.41. The standard InChI is InChI=1S/C10H10BrClN2O2/c1-5(9(13)15)14-10(16)6-2-3-7(11)8(12)4-6/h2-5H,1H3,(H2,13,15)(H,14,16)/t5-/m1/s1. The molecule has 86 valence electrons. The van der Waals surface area contributed by atoms with Gasteiger partial charge in [0.2, 0.25) is 5.91 Å². The van der Waals surface area contributed by atoms with Gasteiger partial charge in [0.1, 0.15) is 6.04 Å². The van der Waals surface area contributed by atoms with Crippen LogP contribution in [-0.4, -0.2) is 17.9 Å². The summed E-state index contributed by atoms with van der Waals surface area (Å²) >= 11 is 9.05. The maximum absolute atomic E-state index is 11.6. The van der Waals surface area contributed by atoms with Gasteiger partial charge in [-0.25, -0.2) is 0 Å². The molecule has 1 aromatic carbocycles. The smallest absolute Gasteiger partial charge is 0.251 e. The van der Waals surface area contributed by atoms with E-state index >= 15 is 0 Å². The van der Waals surface area contributed by atoms with Gasteiger partial charge >= 0.3 is 0 Å². The lowest BCUT2D eigenvalue weighted by Gasteiger charge is -2.10. The summed E-state index contributed by atoms with van der Waals surface area (Å²) in [6, 6.07) is 4.05. The summed E-state index contributed by atoms with van der Waals surface area (Å²) in [5.74, 6) is -0.975. The number of halogens is 2. The predicted molar refractivity (Wildman–Crippen MR) is 65.3 cm³/mol. The summed E-state index contributed by atoms with van der Waals surface area (Å²) in [6.07, 6.45) is 0. The molecule has 0 saturated carbocycles. The summed E-state index contributed by atoms with van der Waals surface area (Å²) in [7, 11) is 0. The molecule has 0 bridgehead atoms. The van der Waals surface area contributed by atoms with Gasteiger partial charge in [-0.05, 0) is 41.1 Å². The van der Waals surface area contributed by atoms with Crippen molar-refractivity contribution in [1.82, 2.24) is 5.32 Å². The van der Waals surface area contributed by atoms with Gasteiger partial charge < -0.3 is 11.1 Å².